The number of rotatable bonds is 5. The minimum absolute atomic E-state index is 0.0578. The quantitative estimate of drug-likeness (QED) is 0.334. The van der Waals surface area contributed by atoms with Gasteiger partial charge in [0.25, 0.3) is 5.69 Å². The van der Waals surface area contributed by atoms with Crippen molar-refractivity contribution in [1.82, 2.24) is 5.43 Å². The van der Waals surface area contributed by atoms with E-state index < -0.39 is 23.2 Å². The van der Waals surface area contributed by atoms with Gasteiger partial charge in [0.1, 0.15) is 0 Å². The number of nitro groups is 1. The van der Waals surface area contributed by atoms with Crippen LogP contribution in [-0.4, -0.2) is 22.5 Å². The lowest BCUT2D eigenvalue weighted by Gasteiger charge is -2.03. The number of carboxylic acids is 1. The number of carboxylic acid groups (broad SMARTS) is 1. The number of nitrogens with one attached hydrogen (secondary N) is 1. The molecule has 8 nitrogen and oxygen atoms in total. The van der Waals surface area contributed by atoms with Gasteiger partial charge in [-0.2, -0.15) is 5.10 Å². The Kier molecular flexibility index (Phi) is 4.69. The van der Waals surface area contributed by atoms with E-state index in [0.717, 1.165) is 0 Å². The van der Waals surface area contributed by atoms with Gasteiger partial charge in [-0.3, -0.25) is 14.9 Å². The maximum absolute atomic E-state index is 11.0. The van der Waals surface area contributed by atoms with Crippen LogP contribution < -0.4 is 10.5 Å². The second kappa shape index (κ2) is 6.24. The van der Waals surface area contributed by atoms with Crippen LogP contribution in [0.3, 0.4) is 0 Å². The fourth-order valence-electron chi connectivity index (χ4n) is 1.21. The van der Waals surface area contributed by atoms with Crippen LogP contribution in [0.25, 0.3) is 0 Å². The Hall–Kier alpha value is -2.77. The summed E-state index contributed by atoms with van der Waals surface area (Å²) >= 11 is 0. The van der Waals surface area contributed by atoms with Crippen LogP contribution >= 0.6 is 0 Å². The topological polar surface area (TPSA) is 125 Å². The van der Waals surface area contributed by atoms with Gasteiger partial charge in [0, 0.05) is 12.1 Å². The Morgan fingerprint density at radius 1 is 1.32 bits per heavy atom. The molecule has 1 aromatic rings. The van der Waals surface area contributed by atoms with Crippen LogP contribution in [0.5, 0.6) is 0 Å². The molecule has 19 heavy (non-hydrogen) atoms. The summed E-state index contributed by atoms with van der Waals surface area (Å²) in [6, 6.07) is 5.55. The molecule has 0 heterocycles. The third-order valence-corrected chi connectivity index (χ3v) is 2.15. The number of carbonyl (C=O) groups excluding carboxylic acids is 2. The molecule has 1 amide bonds. The lowest BCUT2D eigenvalue weighted by molar-refractivity contribution is -0.384. The number of nitro benzene ring substituents is 1. The summed E-state index contributed by atoms with van der Waals surface area (Å²) in [5.74, 6) is -2.30. The number of non-ortho nitro benzene ring substituents is 1. The highest BCUT2D eigenvalue weighted by atomic mass is 16.6. The molecule has 0 atom stereocenters. The van der Waals surface area contributed by atoms with Crippen molar-refractivity contribution in [3.8, 4) is 0 Å². The Labute approximate surface area is 107 Å². The summed E-state index contributed by atoms with van der Waals surface area (Å²) in [5.41, 5.74) is 2.95. The van der Waals surface area contributed by atoms with Crippen molar-refractivity contribution in [3.63, 3.8) is 0 Å². The Morgan fingerprint density at radius 3 is 2.37 bits per heavy atom. The minimum Gasteiger partial charge on any atom is -0.550 e. The molecule has 0 aromatic heterocycles. The summed E-state index contributed by atoms with van der Waals surface area (Å²) < 4.78 is 0. The van der Waals surface area contributed by atoms with Crippen molar-refractivity contribution >= 4 is 23.3 Å². The fourth-order valence-corrected chi connectivity index (χ4v) is 1.21. The monoisotopic (exact) mass is 264 g/mol. The molecular formula is C11H10N3O5-. The average molecular weight is 264 g/mol. The number of nitrogens with zero attached hydrogens (tertiary/aromatic N) is 2. The summed E-state index contributed by atoms with van der Waals surface area (Å²) in [5, 5.41) is 24.3. The first-order valence-electron chi connectivity index (χ1n) is 5.18. The highest BCUT2D eigenvalue weighted by Gasteiger charge is 2.06. The van der Waals surface area contributed by atoms with Crippen LogP contribution in [0.4, 0.5) is 5.69 Å². The zero-order valence-electron chi connectivity index (χ0n) is 9.95. The summed E-state index contributed by atoms with van der Waals surface area (Å²) in [6.45, 7) is 1.57. The lowest BCUT2D eigenvalue weighted by atomic mass is 10.1. The third kappa shape index (κ3) is 4.54. The number of aliphatic carboxylic acids is 1. The fraction of sp³-hybridized carbons (Fsp3) is 0.182. The van der Waals surface area contributed by atoms with Crippen molar-refractivity contribution < 1.29 is 19.6 Å². The molecule has 0 unspecified atom stereocenters. The second-order valence-electron chi connectivity index (χ2n) is 3.58. The van der Waals surface area contributed by atoms with E-state index in [4.69, 9.17) is 0 Å². The molecule has 0 bridgehead atoms. The van der Waals surface area contributed by atoms with E-state index in [0.29, 0.717) is 11.3 Å². The number of amides is 1. The molecule has 1 rings (SSSR count). The Balaban J connectivity index is 2.71. The number of hydrogen-bond acceptors (Lipinski definition) is 6. The van der Waals surface area contributed by atoms with E-state index >= 15 is 0 Å². The van der Waals surface area contributed by atoms with Gasteiger partial charge in [-0.1, -0.05) is 0 Å². The number of hydrogen-bond donors (Lipinski definition) is 1. The second-order valence-corrected chi connectivity index (χ2v) is 3.58. The highest BCUT2D eigenvalue weighted by molar-refractivity contribution is 6.00. The summed E-state index contributed by atoms with van der Waals surface area (Å²) in [4.78, 5) is 31.1. The average Bonchev–Trinajstić information content (AvgIpc) is 2.35. The molecular weight excluding hydrogens is 254 g/mol. The van der Waals surface area contributed by atoms with E-state index in [-0.39, 0.29) is 5.69 Å². The van der Waals surface area contributed by atoms with Gasteiger partial charge in [0.05, 0.1) is 23.0 Å². The third-order valence-electron chi connectivity index (χ3n) is 2.15. The molecule has 0 spiro atoms. The summed E-state index contributed by atoms with van der Waals surface area (Å²) in [7, 11) is 0. The Bertz CT molecular complexity index is 536. The van der Waals surface area contributed by atoms with E-state index in [1.807, 2.05) is 5.43 Å². The van der Waals surface area contributed by atoms with Crippen molar-refractivity contribution in [2.45, 2.75) is 13.3 Å². The molecule has 0 radical (unpaired) electrons. The lowest BCUT2D eigenvalue weighted by Crippen LogP contribution is -2.30. The van der Waals surface area contributed by atoms with Crippen LogP contribution in [0.1, 0.15) is 18.9 Å². The van der Waals surface area contributed by atoms with E-state index in [9.17, 15) is 24.8 Å². The zero-order valence-corrected chi connectivity index (χ0v) is 9.95. The van der Waals surface area contributed by atoms with Gasteiger partial charge in [0.2, 0.25) is 5.91 Å². The van der Waals surface area contributed by atoms with Gasteiger partial charge < -0.3 is 9.90 Å². The van der Waals surface area contributed by atoms with Crippen molar-refractivity contribution in [1.29, 1.82) is 0 Å². The predicted octanol–water partition coefficient (Wildman–Crippen LogP) is -0.425. The van der Waals surface area contributed by atoms with E-state index in [2.05, 4.69) is 5.10 Å². The van der Waals surface area contributed by atoms with Gasteiger partial charge in [-0.25, -0.2) is 5.43 Å². The standard InChI is InChI=1S/C11H11N3O5/c1-7(12-13-10(15)6-11(16)17)8-2-4-9(5-3-8)14(18)19/h2-5H,6H2,1H3,(H,13,15)(H,16,17)/p-1/b12-7-. The molecule has 0 aliphatic rings. The normalized spacial score (nSPS) is 10.9. The molecule has 0 aliphatic carbocycles. The van der Waals surface area contributed by atoms with Crippen molar-refractivity contribution in [2.75, 3.05) is 0 Å². The number of carbonyl (C=O) groups is 2. The maximum atomic E-state index is 11.0. The zero-order chi connectivity index (χ0) is 14.4. The van der Waals surface area contributed by atoms with Gasteiger partial charge >= 0.3 is 0 Å². The van der Waals surface area contributed by atoms with E-state index in [1.165, 1.54) is 24.3 Å². The SMILES string of the molecule is C/C(=N/NC(=O)CC(=O)[O-])c1ccc([N+](=O)[O-])cc1. The van der Waals surface area contributed by atoms with E-state index in [1.54, 1.807) is 6.92 Å². The molecule has 0 aliphatic heterocycles. The highest BCUT2D eigenvalue weighted by Crippen LogP contribution is 2.12. The Morgan fingerprint density at radius 2 is 1.89 bits per heavy atom. The molecule has 0 saturated heterocycles. The van der Waals surface area contributed by atoms with Crippen molar-refractivity contribution in [3.05, 3.63) is 39.9 Å². The van der Waals surface area contributed by atoms with Gasteiger partial charge in [0.15, 0.2) is 0 Å². The van der Waals surface area contributed by atoms with Gasteiger partial charge in [-0.05, 0) is 24.6 Å². The summed E-state index contributed by atoms with van der Waals surface area (Å²) in [6.07, 6.45) is -0.781. The van der Waals surface area contributed by atoms with Gasteiger partial charge in [-0.15, -0.1) is 0 Å². The predicted molar refractivity (Wildman–Crippen MR) is 63.1 cm³/mol. The van der Waals surface area contributed by atoms with Crippen LogP contribution in [0.2, 0.25) is 0 Å². The van der Waals surface area contributed by atoms with Crippen LogP contribution in [0, 0.1) is 10.1 Å². The number of benzene rings is 1. The maximum Gasteiger partial charge on any atom is 0.269 e. The first-order chi connectivity index (χ1) is 8.90. The molecule has 100 valence electrons. The largest absolute Gasteiger partial charge is 0.550 e. The minimum atomic E-state index is -1.50. The van der Waals surface area contributed by atoms with Crippen LogP contribution in [-0.2, 0) is 9.59 Å². The first-order valence-corrected chi connectivity index (χ1v) is 5.18. The van der Waals surface area contributed by atoms with Crippen LogP contribution in [0.15, 0.2) is 29.4 Å². The molecule has 0 saturated carbocycles. The van der Waals surface area contributed by atoms with Crippen molar-refractivity contribution in [2.24, 2.45) is 5.10 Å². The molecule has 1 N–H and O–H groups in total. The molecule has 8 heteroatoms. The number of hydrazone groups is 1. The molecule has 0 fully saturated rings. The molecule has 1 aromatic carbocycles. The smallest absolute Gasteiger partial charge is 0.269 e. The first kappa shape index (κ1) is 14.3.